The lowest BCUT2D eigenvalue weighted by Gasteiger charge is -2.32. The van der Waals surface area contributed by atoms with Crippen LogP contribution < -0.4 is 10.6 Å². The van der Waals surface area contributed by atoms with E-state index in [0.717, 1.165) is 18.8 Å². The van der Waals surface area contributed by atoms with E-state index >= 15 is 0 Å². The van der Waals surface area contributed by atoms with Crippen molar-refractivity contribution in [1.29, 1.82) is 0 Å². The highest BCUT2D eigenvalue weighted by Gasteiger charge is 2.20. The number of hydrogen-bond donors (Lipinski definition) is 2. The third kappa shape index (κ3) is 3.47. The number of carbonyl (C=O) groups is 1. The Labute approximate surface area is 115 Å². The van der Waals surface area contributed by atoms with Gasteiger partial charge in [0.1, 0.15) is 0 Å². The molecule has 0 aromatic heterocycles. The van der Waals surface area contributed by atoms with Gasteiger partial charge in [0.15, 0.2) is 0 Å². The van der Waals surface area contributed by atoms with Crippen LogP contribution in [0.15, 0.2) is 24.3 Å². The van der Waals surface area contributed by atoms with Gasteiger partial charge < -0.3 is 15.5 Å². The zero-order valence-electron chi connectivity index (χ0n) is 11.8. The monoisotopic (exact) mass is 261 g/mol. The molecule has 2 rings (SSSR count). The highest BCUT2D eigenvalue weighted by molar-refractivity contribution is 5.99. The number of para-hydroxylation sites is 1. The fourth-order valence-corrected chi connectivity index (χ4v) is 2.61. The first-order valence-corrected chi connectivity index (χ1v) is 6.97. The largest absolute Gasteiger partial charge is 0.387 e. The summed E-state index contributed by atoms with van der Waals surface area (Å²) in [5.74, 6) is 0.00363. The predicted octanol–water partition coefficient (Wildman–Crippen LogP) is 1.94. The van der Waals surface area contributed by atoms with Gasteiger partial charge in [0, 0.05) is 25.3 Å². The van der Waals surface area contributed by atoms with Crippen molar-refractivity contribution in [3.8, 4) is 0 Å². The molecular weight excluding hydrogens is 238 g/mol. The average molecular weight is 261 g/mol. The van der Waals surface area contributed by atoms with E-state index < -0.39 is 0 Å². The molecule has 104 valence electrons. The van der Waals surface area contributed by atoms with Gasteiger partial charge >= 0.3 is 0 Å². The van der Waals surface area contributed by atoms with Crippen LogP contribution in [0, 0.1) is 0 Å². The summed E-state index contributed by atoms with van der Waals surface area (Å²) in [4.78, 5) is 14.5. The number of anilines is 1. The molecular formula is C15H23N3O. The van der Waals surface area contributed by atoms with Crippen LogP contribution in [0.5, 0.6) is 0 Å². The average Bonchev–Trinajstić information content (AvgIpc) is 2.46. The van der Waals surface area contributed by atoms with E-state index in [-0.39, 0.29) is 5.91 Å². The molecule has 1 heterocycles. The highest BCUT2D eigenvalue weighted by atomic mass is 16.1. The van der Waals surface area contributed by atoms with E-state index in [1.807, 2.05) is 31.3 Å². The van der Waals surface area contributed by atoms with Crippen LogP contribution in [0.25, 0.3) is 0 Å². The number of carbonyl (C=O) groups excluding carboxylic acids is 1. The summed E-state index contributed by atoms with van der Waals surface area (Å²) in [6.45, 7) is 1.86. The third-order valence-corrected chi connectivity index (χ3v) is 3.86. The number of likely N-dealkylation sites (tertiary alicyclic amines) is 1. The molecule has 0 radical (unpaired) electrons. The van der Waals surface area contributed by atoms with Gasteiger partial charge in [0.25, 0.3) is 5.91 Å². The molecule has 1 fully saturated rings. The molecule has 1 amide bonds. The quantitative estimate of drug-likeness (QED) is 0.870. The van der Waals surface area contributed by atoms with Crippen molar-refractivity contribution in [2.75, 3.05) is 32.5 Å². The second-order valence-electron chi connectivity index (χ2n) is 5.14. The maximum Gasteiger partial charge on any atom is 0.253 e. The Kier molecular flexibility index (Phi) is 4.80. The summed E-state index contributed by atoms with van der Waals surface area (Å²) >= 11 is 0. The fourth-order valence-electron chi connectivity index (χ4n) is 2.61. The number of amides is 1. The number of likely N-dealkylation sites (N-methyl/N-ethyl adjacent to an activating group) is 1. The van der Waals surface area contributed by atoms with Gasteiger partial charge in [-0.15, -0.1) is 0 Å². The zero-order valence-corrected chi connectivity index (χ0v) is 11.8. The van der Waals surface area contributed by atoms with E-state index in [1.54, 1.807) is 0 Å². The van der Waals surface area contributed by atoms with Gasteiger partial charge in [-0.25, -0.2) is 0 Å². The van der Waals surface area contributed by atoms with Gasteiger partial charge in [0.05, 0.1) is 5.56 Å². The molecule has 1 aliphatic rings. The molecule has 4 nitrogen and oxygen atoms in total. The van der Waals surface area contributed by atoms with Crippen molar-refractivity contribution in [2.45, 2.75) is 25.3 Å². The minimum absolute atomic E-state index is 0.00363. The molecule has 1 saturated heterocycles. The molecule has 1 aliphatic heterocycles. The van der Waals surface area contributed by atoms with Crippen LogP contribution in [0.1, 0.15) is 29.6 Å². The van der Waals surface area contributed by atoms with Crippen LogP contribution in [0.4, 0.5) is 5.69 Å². The number of rotatable bonds is 4. The molecule has 0 bridgehead atoms. The van der Waals surface area contributed by atoms with E-state index in [4.69, 9.17) is 0 Å². The van der Waals surface area contributed by atoms with Crippen molar-refractivity contribution in [3.63, 3.8) is 0 Å². The maximum atomic E-state index is 12.2. The number of piperidine rings is 1. The minimum atomic E-state index is 0.00363. The minimum Gasteiger partial charge on any atom is -0.387 e. The summed E-state index contributed by atoms with van der Waals surface area (Å²) in [7, 11) is 3.97. The molecule has 1 aromatic rings. The Morgan fingerprint density at radius 3 is 2.89 bits per heavy atom. The Hall–Kier alpha value is -1.55. The van der Waals surface area contributed by atoms with Crippen LogP contribution in [-0.4, -0.2) is 44.0 Å². The third-order valence-electron chi connectivity index (χ3n) is 3.86. The second kappa shape index (κ2) is 6.57. The van der Waals surface area contributed by atoms with Gasteiger partial charge in [0.2, 0.25) is 0 Å². The molecule has 0 saturated carbocycles. The molecule has 2 N–H and O–H groups in total. The Bertz CT molecular complexity index is 433. The first-order valence-electron chi connectivity index (χ1n) is 6.97. The Balaban J connectivity index is 1.93. The van der Waals surface area contributed by atoms with Crippen molar-refractivity contribution >= 4 is 11.6 Å². The van der Waals surface area contributed by atoms with Crippen molar-refractivity contribution in [1.82, 2.24) is 10.2 Å². The maximum absolute atomic E-state index is 12.2. The van der Waals surface area contributed by atoms with Crippen LogP contribution in [-0.2, 0) is 0 Å². The van der Waals surface area contributed by atoms with E-state index in [9.17, 15) is 4.79 Å². The topological polar surface area (TPSA) is 44.4 Å². The second-order valence-corrected chi connectivity index (χ2v) is 5.14. The Morgan fingerprint density at radius 2 is 2.16 bits per heavy atom. The van der Waals surface area contributed by atoms with Crippen LogP contribution in [0.3, 0.4) is 0 Å². The van der Waals surface area contributed by atoms with Gasteiger partial charge in [-0.3, -0.25) is 4.79 Å². The molecule has 0 aliphatic carbocycles. The standard InChI is InChI=1S/C15H23N3O/c1-16-14-9-4-3-8-13(14)15(19)17-11-12-7-5-6-10-18(12)2/h3-4,8-9,12,16H,5-7,10-11H2,1-2H3,(H,17,19). The number of nitrogens with zero attached hydrogens (tertiary/aromatic N) is 1. The first-order chi connectivity index (χ1) is 9.22. The molecule has 0 spiro atoms. The molecule has 1 aromatic carbocycles. The number of hydrogen-bond acceptors (Lipinski definition) is 3. The van der Waals surface area contributed by atoms with E-state index in [0.29, 0.717) is 11.6 Å². The fraction of sp³-hybridized carbons (Fsp3) is 0.533. The van der Waals surface area contributed by atoms with Gasteiger partial charge in [-0.2, -0.15) is 0 Å². The number of nitrogens with one attached hydrogen (secondary N) is 2. The lowest BCUT2D eigenvalue weighted by molar-refractivity contribution is 0.0929. The molecule has 1 unspecified atom stereocenters. The van der Waals surface area contributed by atoms with Crippen molar-refractivity contribution in [3.05, 3.63) is 29.8 Å². The first kappa shape index (κ1) is 13.9. The molecule has 19 heavy (non-hydrogen) atoms. The SMILES string of the molecule is CNc1ccccc1C(=O)NCC1CCCCN1C. The molecule has 4 heteroatoms. The van der Waals surface area contributed by atoms with Crippen molar-refractivity contribution < 1.29 is 4.79 Å². The zero-order chi connectivity index (χ0) is 13.7. The Morgan fingerprint density at radius 1 is 1.37 bits per heavy atom. The lowest BCUT2D eigenvalue weighted by Crippen LogP contribution is -2.44. The normalized spacial score (nSPS) is 20.0. The summed E-state index contributed by atoms with van der Waals surface area (Å²) in [6.07, 6.45) is 3.70. The summed E-state index contributed by atoms with van der Waals surface area (Å²) in [5, 5.41) is 6.11. The summed E-state index contributed by atoms with van der Waals surface area (Å²) in [6, 6.07) is 8.06. The number of benzene rings is 1. The lowest BCUT2D eigenvalue weighted by atomic mass is 10.0. The van der Waals surface area contributed by atoms with Crippen molar-refractivity contribution in [2.24, 2.45) is 0 Å². The van der Waals surface area contributed by atoms with E-state index in [2.05, 4.69) is 22.6 Å². The van der Waals surface area contributed by atoms with Crippen LogP contribution >= 0.6 is 0 Å². The van der Waals surface area contributed by atoms with E-state index in [1.165, 1.54) is 19.3 Å². The van der Waals surface area contributed by atoms with Gasteiger partial charge in [-0.05, 0) is 38.6 Å². The van der Waals surface area contributed by atoms with Gasteiger partial charge in [-0.1, -0.05) is 18.6 Å². The van der Waals surface area contributed by atoms with Crippen LogP contribution in [0.2, 0.25) is 0 Å². The smallest absolute Gasteiger partial charge is 0.253 e. The predicted molar refractivity (Wildman–Crippen MR) is 78.6 cm³/mol. The highest BCUT2D eigenvalue weighted by Crippen LogP contribution is 2.16. The molecule has 1 atom stereocenters. The summed E-state index contributed by atoms with van der Waals surface area (Å²) < 4.78 is 0. The summed E-state index contributed by atoms with van der Waals surface area (Å²) in [5.41, 5.74) is 1.58.